The van der Waals surface area contributed by atoms with Gasteiger partial charge in [-0.25, -0.2) is 0 Å². The third-order valence-electron chi connectivity index (χ3n) is 5.20. The molecule has 0 radical (unpaired) electrons. The molecule has 162 valence electrons. The Morgan fingerprint density at radius 3 is 2.58 bits per heavy atom. The van der Waals surface area contributed by atoms with Crippen molar-refractivity contribution in [3.05, 3.63) is 65.4 Å². The lowest BCUT2D eigenvalue weighted by Gasteiger charge is -2.21. The molecule has 1 aromatic heterocycles. The van der Waals surface area contributed by atoms with Crippen LogP contribution in [0.15, 0.2) is 59.8 Å². The highest BCUT2D eigenvalue weighted by molar-refractivity contribution is 7.99. The first-order valence-corrected chi connectivity index (χ1v) is 11.9. The Morgan fingerprint density at radius 1 is 1.06 bits per heavy atom. The van der Waals surface area contributed by atoms with Crippen molar-refractivity contribution in [1.82, 2.24) is 14.8 Å². The molecule has 0 aliphatic heterocycles. The highest BCUT2D eigenvalue weighted by Gasteiger charge is 2.20. The Kier molecular flexibility index (Phi) is 7.48. The number of carbonyl (C=O) groups excluding carboxylic acids is 1. The van der Waals surface area contributed by atoms with Crippen LogP contribution < -0.4 is 5.32 Å². The number of nitrogens with zero attached hydrogens (tertiary/aromatic N) is 3. The van der Waals surface area contributed by atoms with Gasteiger partial charge in [0.2, 0.25) is 0 Å². The number of nitrogens with one attached hydrogen (secondary N) is 1. The number of anilines is 1. The molecule has 0 amide bonds. The molecule has 1 N–H and O–H groups in total. The van der Waals surface area contributed by atoms with Crippen LogP contribution in [0, 0.1) is 0 Å². The van der Waals surface area contributed by atoms with Crippen molar-refractivity contribution in [2.75, 3.05) is 11.1 Å². The van der Waals surface area contributed by atoms with Crippen molar-refractivity contribution in [3.63, 3.8) is 0 Å². The Morgan fingerprint density at radius 2 is 1.81 bits per heavy atom. The number of ether oxygens (including phenoxy) is 1. The average molecular weight is 457 g/mol. The van der Waals surface area contributed by atoms with Crippen molar-refractivity contribution in [2.24, 2.45) is 0 Å². The van der Waals surface area contributed by atoms with Gasteiger partial charge in [-0.05, 0) is 49.9 Å². The van der Waals surface area contributed by atoms with E-state index in [1.54, 1.807) is 0 Å². The Balaban J connectivity index is 1.47. The van der Waals surface area contributed by atoms with Crippen molar-refractivity contribution >= 4 is 35.0 Å². The zero-order chi connectivity index (χ0) is 21.5. The minimum atomic E-state index is -0.199. The Labute approximate surface area is 191 Å². The van der Waals surface area contributed by atoms with Crippen LogP contribution in [0.25, 0.3) is 5.69 Å². The first-order valence-electron chi connectivity index (χ1n) is 10.5. The van der Waals surface area contributed by atoms with Gasteiger partial charge >= 0.3 is 5.97 Å². The van der Waals surface area contributed by atoms with Gasteiger partial charge in [0.25, 0.3) is 0 Å². The van der Waals surface area contributed by atoms with Crippen LogP contribution in [0.4, 0.5) is 5.69 Å². The highest BCUT2D eigenvalue weighted by Crippen LogP contribution is 2.26. The monoisotopic (exact) mass is 456 g/mol. The normalized spacial score (nSPS) is 14.4. The van der Waals surface area contributed by atoms with E-state index >= 15 is 0 Å². The summed E-state index contributed by atoms with van der Waals surface area (Å²) >= 11 is 7.60. The van der Waals surface area contributed by atoms with Crippen LogP contribution in [-0.2, 0) is 16.1 Å². The first kappa shape index (κ1) is 21.7. The summed E-state index contributed by atoms with van der Waals surface area (Å²) in [4.78, 5) is 12.4. The quantitative estimate of drug-likeness (QED) is 0.356. The van der Waals surface area contributed by atoms with Crippen molar-refractivity contribution in [2.45, 2.75) is 49.9 Å². The molecule has 1 aliphatic rings. The third kappa shape index (κ3) is 5.80. The van der Waals surface area contributed by atoms with Gasteiger partial charge < -0.3 is 10.1 Å². The standard InChI is InChI=1S/C23H25ClN4O2S/c24-19-13-7-8-14-20(19)25-15-21-26-27-23(28(21)17-9-3-1-4-10-17)31-16-22(29)30-18-11-5-2-6-12-18/h1,3-4,7-10,13-14,18,25H,2,5-6,11-12,15-16H2. The van der Waals surface area contributed by atoms with E-state index in [4.69, 9.17) is 16.3 Å². The fraction of sp³-hybridized carbons (Fsp3) is 0.348. The maximum Gasteiger partial charge on any atom is 0.316 e. The molecule has 2 aromatic carbocycles. The zero-order valence-electron chi connectivity index (χ0n) is 17.2. The third-order valence-corrected chi connectivity index (χ3v) is 6.43. The highest BCUT2D eigenvalue weighted by atomic mass is 35.5. The van der Waals surface area contributed by atoms with E-state index in [1.807, 2.05) is 59.2 Å². The number of esters is 1. The molecule has 0 saturated heterocycles. The summed E-state index contributed by atoms with van der Waals surface area (Å²) < 4.78 is 7.60. The summed E-state index contributed by atoms with van der Waals surface area (Å²) in [5.74, 6) is 0.740. The average Bonchev–Trinajstić information content (AvgIpc) is 3.21. The van der Waals surface area contributed by atoms with Crippen LogP contribution in [0.1, 0.15) is 37.9 Å². The topological polar surface area (TPSA) is 69.0 Å². The second kappa shape index (κ2) is 10.7. The van der Waals surface area contributed by atoms with E-state index in [2.05, 4.69) is 15.5 Å². The first-order chi connectivity index (χ1) is 15.2. The van der Waals surface area contributed by atoms with E-state index in [0.29, 0.717) is 16.7 Å². The largest absolute Gasteiger partial charge is 0.462 e. The Hall–Kier alpha value is -2.51. The maximum atomic E-state index is 12.4. The van der Waals surface area contributed by atoms with Crippen LogP contribution >= 0.6 is 23.4 Å². The minimum absolute atomic E-state index is 0.0595. The lowest BCUT2D eigenvalue weighted by molar-refractivity contribution is -0.147. The van der Waals surface area contributed by atoms with E-state index < -0.39 is 0 Å². The predicted octanol–water partition coefficient (Wildman–Crippen LogP) is 5.50. The molecule has 1 aliphatic carbocycles. The number of aromatic nitrogens is 3. The molecule has 3 aromatic rings. The molecule has 0 unspecified atom stereocenters. The molecule has 8 heteroatoms. The molecular weight excluding hydrogens is 432 g/mol. The number of carbonyl (C=O) groups is 1. The van der Waals surface area contributed by atoms with Crippen molar-refractivity contribution in [3.8, 4) is 5.69 Å². The van der Waals surface area contributed by atoms with Gasteiger partial charge in [-0.2, -0.15) is 0 Å². The van der Waals surface area contributed by atoms with E-state index in [9.17, 15) is 4.79 Å². The SMILES string of the molecule is O=C(CSc1nnc(CNc2ccccc2Cl)n1-c1ccccc1)OC1CCCCC1. The van der Waals surface area contributed by atoms with Crippen LogP contribution in [0.5, 0.6) is 0 Å². The number of rotatable bonds is 8. The molecule has 1 heterocycles. The maximum absolute atomic E-state index is 12.4. The fourth-order valence-corrected chi connectivity index (χ4v) is 4.61. The summed E-state index contributed by atoms with van der Waals surface area (Å²) in [6.07, 6.45) is 5.49. The molecule has 0 bridgehead atoms. The zero-order valence-corrected chi connectivity index (χ0v) is 18.7. The number of hydrogen-bond donors (Lipinski definition) is 1. The van der Waals surface area contributed by atoms with Crippen molar-refractivity contribution in [1.29, 1.82) is 0 Å². The van der Waals surface area contributed by atoms with Crippen molar-refractivity contribution < 1.29 is 9.53 Å². The second-order valence-corrected chi connectivity index (χ2v) is 8.79. The lowest BCUT2D eigenvalue weighted by Crippen LogP contribution is -2.22. The van der Waals surface area contributed by atoms with Crippen LogP contribution in [0.2, 0.25) is 5.02 Å². The second-order valence-electron chi connectivity index (χ2n) is 7.44. The summed E-state index contributed by atoms with van der Waals surface area (Å²) in [7, 11) is 0. The smallest absolute Gasteiger partial charge is 0.316 e. The summed E-state index contributed by atoms with van der Waals surface area (Å²) in [6, 6.07) is 17.5. The molecule has 1 saturated carbocycles. The van der Waals surface area contributed by atoms with Gasteiger partial charge in [0.1, 0.15) is 6.10 Å². The van der Waals surface area contributed by atoms with E-state index in [1.165, 1.54) is 18.2 Å². The molecule has 6 nitrogen and oxygen atoms in total. The number of thioether (sulfide) groups is 1. The predicted molar refractivity (Wildman–Crippen MR) is 124 cm³/mol. The number of para-hydroxylation sites is 2. The molecule has 0 atom stereocenters. The summed E-state index contributed by atoms with van der Waals surface area (Å²) in [5.41, 5.74) is 1.77. The van der Waals surface area contributed by atoms with Gasteiger partial charge in [-0.3, -0.25) is 9.36 Å². The van der Waals surface area contributed by atoms with Gasteiger partial charge in [0, 0.05) is 5.69 Å². The Bertz CT molecular complexity index is 1010. The fourth-order valence-electron chi connectivity index (χ4n) is 3.65. The van der Waals surface area contributed by atoms with E-state index in [0.717, 1.165) is 42.9 Å². The van der Waals surface area contributed by atoms with Crippen LogP contribution in [0.3, 0.4) is 0 Å². The van der Waals surface area contributed by atoms with Crippen LogP contribution in [-0.4, -0.2) is 32.6 Å². The molecular formula is C23H25ClN4O2S. The van der Waals surface area contributed by atoms with Gasteiger partial charge in [0.05, 0.1) is 23.0 Å². The van der Waals surface area contributed by atoms with E-state index in [-0.39, 0.29) is 17.8 Å². The van der Waals surface area contributed by atoms with Gasteiger partial charge in [0.15, 0.2) is 11.0 Å². The number of benzene rings is 2. The minimum Gasteiger partial charge on any atom is -0.462 e. The molecule has 0 spiro atoms. The summed E-state index contributed by atoms with van der Waals surface area (Å²) in [5, 5.41) is 13.3. The molecule has 4 rings (SSSR count). The van der Waals surface area contributed by atoms with Gasteiger partial charge in [-0.15, -0.1) is 10.2 Å². The number of hydrogen-bond acceptors (Lipinski definition) is 6. The summed E-state index contributed by atoms with van der Waals surface area (Å²) in [6.45, 7) is 0.443. The number of halogens is 1. The van der Waals surface area contributed by atoms with Gasteiger partial charge in [-0.1, -0.05) is 60.1 Å². The molecule has 31 heavy (non-hydrogen) atoms. The lowest BCUT2D eigenvalue weighted by atomic mass is 9.98. The molecule has 1 fully saturated rings.